The van der Waals surface area contributed by atoms with Gasteiger partial charge in [0.2, 0.25) is 0 Å². The third-order valence-corrected chi connectivity index (χ3v) is 2.49. The highest BCUT2D eigenvalue weighted by molar-refractivity contribution is 6.31. The summed E-state index contributed by atoms with van der Waals surface area (Å²) < 4.78 is 1.71. The van der Waals surface area contributed by atoms with Gasteiger partial charge in [-0.25, -0.2) is 0 Å². The second-order valence-corrected chi connectivity index (χ2v) is 4.21. The number of rotatable bonds is 5. The van der Waals surface area contributed by atoms with Crippen molar-refractivity contribution in [1.29, 1.82) is 0 Å². The van der Waals surface area contributed by atoms with Gasteiger partial charge >= 0.3 is 5.97 Å². The highest BCUT2D eigenvalue weighted by Gasteiger charge is 2.18. The van der Waals surface area contributed by atoms with Gasteiger partial charge in [-0.3, -0.25) is 9.59 Å². The molecule has 1 unspecified atom stereocenters. The Labute approximate surface area is 104 Å². The van der Waals surface area contributed by atoms with Crippen LogP contribution in [-0.4, -0.2) is 27.6 Å². The molecule has 94 valence electrons. The summed E-state index contributed by atoms with van der Waals surface area (Å²) in [5.74, 6) is -1.50. The number of carbonyl (C=O) groups is 2. The Morgan fingerprint density at radius 1 is 1.59 bits per heavy atom. The van der Waals surface area contributed by atoms with Crippen LogP contribution in [0.15, 0.2) is 12.3 Å². The fraction of sp³-hybridized carbons (Fsp3) is 0.455. The minimum absolute atomic E-state index is 0.380. The normalized spacial score (nSPS) is 12.2. The van der Waals surface area contributed by atoms with Crippen LogP contribution in [0.25, 0.3) is 0 Å². The minimum atomic E-state index is -1.07. The van der Waals surface area contributed by atoms with Crippen molar-refractivity contribution in [2.45, 2.75) is 32.9 Å². The van der Waals surface area contributed by atoms with Crippen LogP contribution in [0.5, 0.6) is 0 Å². The number of hydrogen-bond acceptors (Lipinski definition) is 2. The maximum absolute atomic E-state index is 11.8. The molecule has 1 heterocycles. The molecule has 0 fully saturated rings. The zero-order valence-corrected chi connectivity index (χ0v) is 10.5. The number of amides is 1. The van der Waals surface area contributed by atoms with E-state index >= 15 is 0 Å². The summed E-state index contributed by atoms with van der Waals surface area (Å²) in [7, 11) is 0. The standard InChI is InChI=1S/C11H15ClN2O3/c1-3-4-14-6-8(12)5-9(14)10(15)13-7(2)11(16)17/h5-7H,3-4H2,1-2H3,(H,13,15)(H,16,17). The lowest BCUT2D eigenvalue weighted by molar-refractivity contribution is -0.138. The summed E-state index contributed by atoms with van der Waals surface area (Å²) in [6.07, 6.45) is 2.52. The lowest BCUT2D eigenvalue weighted by Crippen LogP contribution is -2.39. The van der Waals surface area contributed by atoms with Gasteiger partial charge in [-0.05, 0) is 19.4 Å². The Hall–Kier alpha value is -1.49. The van der Waals surface area contributed by atoms with E-state index in [0.717, 1.165) is 6.42 Å². The van der Waals surface area contributed by atoms with Gasteiger partial charge in [0.1, 0.15) is 11.7 Å². The third-order valence-electron chi connectivity index (χ3n) is 2.28. The van der Waals surface area contributed by atoms with Crippen LogP contribution in [0.1, 0.15) is 30.8 Å². The van der Waals surface area contributed by atoms with E-state index in [2.05, 4.69) is 5.32 Å². The predicted molar refractivity (Wildman–Crippen MR) is 64.3 cm³/mol. The van der Waals surface area contributed by atoms with Crippen molar-refractivity contribution in [1.82, 2.24) is 9.88 Å². The summed E-state index contributed by atoms with van der Waals surface area (Å²) in [6.45, 7) is 4.06. The average Bonchev–Trinajstić information content (AvgIpc) is 2.60. The molecule has 0 aliphatic rings. The molecule has 0 aromatic carbocycles. The molecule has 6 heteroatoms. The molecule has 0 spiro atoms. The number of hydrogen-bond donors (Lipinski definition) is 2. The second-order valence-electron chi connectivity index (χ2n) is 3.77. The molecule has 1 amide bonds. The van der Waals surface area contributed by atoms with Crippen LogP contribution in [0.4, 0.5) is 0 Å². The fourth-order valence-electron chi connectivity index (χ4n) is 1.42. The van der Waals surface area contributed by atoms with E-state index in [4.69, 9.17) is 16.7 Å². The van der Waals surface area contributed by atoms with Crippen LogP contribution in [0.2, 0.25) is 5.02 Å². The number of aryl methyl sites for hydroxylation is 1. The molecule has 5 nitrogen and oxygen atoms in total. The van der Waals surface area contributed by atoms with Crippen LogP contribution in [0, 0.1) is 0 Å². The largest absolute Gasteiger partial charge is 0.480 e. The first-order valence-electron chi connectivity index (χ1n) is 5.35. The highest BCUT2D eigenvalue weighted by Crippen LogP contribution is 2.14. The van der Waals surface area contributed by atoms with Crippen LogP contribution in [-0.2, 0) is 11.3 Å². The number of carbonyl (C=O) groups excluding carboxylic acids is 1. The second kappa shape index (κ2) is 5.72. The number of nitrogens with zero attached hydrogens (tertiary/aromatic N) is 1. The minimum Gasteiger partial charge on any atom is -0.480 e. The van der Waals surface area contributed by atoms with Crippen molar-refractivity contribution in [2.75, 3.05) is 0 Å². The van der Waals surface area contributed by atoms with E-state index in [0.29, 0.717) is 17.3 Å². The molecular formula is C11H15ClN2O3. The van der Waals surface area contributed by atoms with Crippen molar-refractivity contribution in [2.24, 2.45) is 0 Å². The third kappa shape index (κ3) is 3.49. The van der Waals surface area contributed by atoms with Gasteiger partial charge in [0.25, 0.3) is 5.91 Å². The van der Waals surface area contributed by atoms with Gasteiger partial charge < -0.3 is 15.0 Å². The molecule has 2 N–H and O–H groups in total. The van der Waals surface area contributed by atoms with Gasteiger partial charge in [-0.1, -0.05) is 18.5 Å². The van der Waals surface area contributed by atoms with Gasteiger partial charge in [-0.15, -0.1) is 0 Å². The molecule has 0 saturated heterocycles. The Balaban J connectivity index is 2.84. The van der Waals surface area contributed by atoms with Crippen molar-refractivity contribution >= 4 is 23.5 Å². The van der Waals surface area contributed by atoms with Gasteiger partial charge in [0.05, 0.1) is 5.02 Å². The van der Waals surface area contributed by atoms with E-state index in [1.54, 1.807) is 10.8 Å². The summed E-state index contributed by atoms with van der Waals surface area (Å²) in [5, 5.41) is 11.6. The molecule has 17 heavy (non-hydrogen) atoms. The Morgan fingerprint density at radius 2 is 2.24 bits per heavy atom. The molecule has 1 atom stereocenters. The molecule has 1 aromatic rings. The smallest absolute Gasteiger partial charge is 0.325 e. The lowest BCUT2D eigenvalue weighted by Gasteiger charge is -2.11. The number of nitrogens with one attached hydrogen (secondary N) is 1. The van der Waals surface area contributed by atoms with Crippen molar-refractivity contribution in [3.05, 3.63) is 23.0 Å². The zero-order chi connectivity index (χ0) is 13.0. The van der Waals surface area contributed by atoms with E-state index in [-0.39, 0.29) is 0 Å². The molecule has 1 rings (SSSR count). The summed E-state index contributed by atoms with van der Waals surface area (Å²) >= 11 is 5.83. The quantitative estimate of drug-likeness (QED) is 0.845. The first kappa shape index (κ1) is 13.6. The van der Waals surface area contributed by atoms with Gasteiger partial charge in [0, 0.05) is 12.7 Å². The van der Waals surface area contributed by atoms with Crippen LogP contribution >= 0.6 is 11.6 Å². The topological polar surface area (TPSA) is 71.3 Å². The molecule has 0 aliphatic heterocycles. The zero-order valence-electron chi connectivity index (χ0n) is 9.74. The summed E-state index contributed by atoms with van der Waals surface area (Å²) in [5.41, 5.74) is 0.380. The maximum Gasteiger partial charge on any atom is 0.325 e. The Kier molecular flexibility index (Phi) is 4.57. The number of aromatic nitrogens is 1. The maximum atomic E-state index is 11.8. The summed E-state index contributed by atoms with van der Waals surface area (Å²) in [6, 6.07) is 0.604. The van der Waals surface area contributed by atoms with E-state index < -0.39 is 17.9 Å². The van der Waals surface area contributed by atoms with E-state index in [1.165, 1.54) is 13.0 Å². The van der Waals surface area contributed by atoms with Crippen molar-refractivity contribution in [3.63, 3.8) is 0 Å². The van der Waals surface area contributed by atoms with Crippen LogP contribution < -0.4 is 5.32 Å². The van der Waals surface area contributed by atoms with Gasteiger partial charge in [-0.2, -0.15) is 0 Å². The fourth-order valence-corrected chi connectivity index (χ4v) is 1.64. The molecule has 0 aliphatic carbocycles. The summed E-state index contributed by atoms with van der Waals surface area (Å²) in [4.78, 5) is 22.4. The number of carboxylic acids is 1. The number of halogens is 1. The van der Waals surface area contributed by atoms with Crippen LogP contribution in [0.3, 0.4) is 0 Å². The number of carboxylic acid groups (broad SMARTS) is 1. The Bertz CT molecular complexity index is 428. The van der Waals surface area contributed by atoms with Crippen molar-refractivity contribution < 1.29 is 14.7 Å². The molecule has 0 saturated carbocycles. The Morgan fingerprint density at radius 3 is 2.76 bits per heavy atom. The lowest BCUT2D eigenvalue weighted by atomic mass is 10.3. The highest BCUT2D eigenvalue weighted by atomic mass is 35.5. The monoisotopic (exact) mass is 258 g/mol. The van der Waals surface area contributed by atoms with E-state index in [9.17, 15) is 9.59 Å². The van der Waals surface area contributed by atoms with E-state index in [1.807, 2.05) is 6.92 Å². The first-order valence-corrected chi connectivity index (χ1v) is 5.72. The SMILES string of the molecule is CCCn1cc(Cl)cc1C(=O)NC(C)C(=O)O. The molecule has 0 radical (unpaired) electrons. The molecule has 1 aromatic heterocycles. The van der Waals surface area contributed by atoms with Crippen molar-refractivity contribution in [3.8, 4) is 0 Å². The first-order chi connectivity index (χ1) is 7.95. The number of aliphatic carboxylic acids is 1. The predicted octanol–water partition coefficient (Wildman–Crippen LogP) is 1.75. The average molecular weight is 259 g/mol. The molecule has 0 bridgehead atoms. The van der Waals surface area contributed by atoms with Gasteiger partial charge in [0.15, 0.2) is 0 Å². The molecular weight excluding hydrogens is 244 g/mol.